The molecular weight excluding hydrogens is 374 g/mol. The Balaban J connectivity index is 1.85. The molecule has 0 aliphatic heterocycles. The van der Waals surface area contributed by atoms with E-state index in [-0.39, 0.29) is 18.1 Å². The molecule has 0 aliphatic carbocycles. The molecule has 1 heterocycles. The molecule has 0 aliphatic rings. The number of benzene rings is 1. The van der Waals surface area contributed by atoms with E-state index in [9.17, 15) is 14.4 Å². The number of rotatable bonds is 8. The maximum Gasteiger partial charge on any atom is 0.306 e. The average molecular weight is 394 g/mol. The molecule has 7 heteroatoms. The third-order valence-corrected chi connectivity index (χ3v) is 5.12. The van der Waals surface area contributed by atoms with Gasteiger partial charge in [0.25, 0.3) is 0 Å². The largest absolute Gasteiger partial charge is 0.454 e. The molecule has 0 spiro atoms. The predicted octanol–water partition coefficient (Wildman–Crippen LogP) is 3.78. The monoisotopic (exact) mass is 393 g/mol. The van der Waals surface area contributed by atoms with Gasteiger partial charge in [0.05, 0.1) is 11.4 Å². The van der Waals surface area contributed by atoms with Crippen molar-refractivity contribution < 1.29 is 19.1 Å². The number of ether oxygens (including phenoxy) is 1. The molecule has 0 radical (unpaired) electrons. The van der Waals surface area contributed by atoms with Crippen LogP contribution in [0.25, 0.3) is 0 Å². The molecule has 0 bridgehead atoms. The minimum absolute atomic E-state index is 0.132. The van der Waals surface area contributed by atoms with Crippen LogP contribution in [0, 0.1) is 0 Å². The molecule has 0 saturated carbocycles. The number of thiophene rings is 1. The van der Waals surface area contributed by atoms with Crippen LogP contribution in [0.3, 0.4) is 0 Å². The molecular formula is C19H20ClNO4S. The number of halogens is 1. The summed E-state index contributed by atoms with van der Waals surface area (Å²) in [7, 11) is 0. The third-order valence-electron chi connectivity index (χ3n) is 3.65. The lowest BCUT2D eigenvalue weighted by atomic mass is 10.1. The quantitative estimate of drug-likeness (QED) is 0.547. The predicted molar refractivity (Wildman–Crippen MR) is 101 cm³/mol. The van der Waals surface area contributed by atoms with E-state index < -0.39 is 12.1 Å². The van der Waals surface area contributed by atoms with E-state index >= 15 is 0 Å². The highest BCUT2D eigenvalue weighted by atomic mass is 35.5. The third kappa shape index (κ3) is 5.97. The fourth-order valence-electron chi connectivity index (χ4n) is 2.26. The maximum atomic E-state index is 12.4. The van der Waals surface area contributed by atoms with Gasteiger partial charge in [-0.3, -0.25) is 14.4 Å². The second-order valence-electron chi connectivity index (χ2n) is 5.76. The van der Waals surface area contributed by atoms with Crippen LogP contribution in [0.5, 0.6) is 0 Å². The number of aryl methyl sites for hydroxylation is 1. The molecule has 5 nitrogen and oxygen atoms in total. The van der Waals surface area contributed by atoms with Crippen molar-refractivity contribution in [1.82, 2.24) is 5.32 Å². The van der Waals surface area contributed by atoms with Crippen LogP contribution in [0.15, 0.2) is 36.4 Å². The van der Waals surface area contributed by atoms with Crippen molar-refractivity contribution in [1.29, 1.82) is 0 Å². The van der Waals surface area contributed by atoms with Gasteiger partial charge < -0.3 is 10.1 Å². The van der Waals surface area contributed by atoms with Crippen molar-refractivity contribution in [3.63, 3.8) is 0 Å². The number of hydrogen-bond donors (Lipinski definition) is 1. The highest BCUT2D eigenvalue weighted by Crippen LogP contribution is 2.20. The second-order valence-corrected chi connectivity index (χ2v) is 7.34. The molecule has 0 fully saturated rings. The summed E-state index contributed by atoms with van der Waals surface area (Å²) in [5.74, 6) is -0.831. The zero-order chi connectivity index (χ0) is 19.1. The van der Waals surface area contributed by atoms with Crippen molar-refractivity contribution in [2.45, 2.75) is 39.3 Å². The molecule has 2 rings (SSSR count). The molecule has 1 aromatic carbocycles. The number of esters is 1. The Morgan fingerprint density at radius 2 is 1.92 bits per heavy atom. The topological polar surface area (TPSA) is 72.5 Å². The molecule has 1 amide bonds. The summed E-state index contributed by atoms with van der Waals surface area (Å²) in [5.41, 5.74) is 0.867. The molecule has 138 valence electrons. The number of ketones is 1. The first-order chi connectivity index (χ1) is 12.4. The molecule has 26 heavy (non-hydrogen) atoms. The van der Waals surface area contributed by atoms with E-state index in [2.05, 4.69) is 5.32 Å². The van der Waals surface area contributed by atoms with Crippen LogP contribution < -0.4 is 5.32 Å². The Bertz CT molecular complexity index is 802. The van der Waals surface area contributed by atoms with E-state index in [1.54, 1.807) is 25.1 Å². The van der Waals surface area contributed by atoms with Gasteiger partial charge in [0.2, 0.25) is 11.7 Å². The van der Waals surface area contributed by atoms with Gasteiger partial charge in [-0.1, -0.05) is 29.8 Å². The fraction of sp³-hybridized carbons (Fsp3) is 0.316. The number of carbonyl (C=O) groups excluding carboxylic acids is 3. The van der Waals surface area contributed by atoms with Crippen LogP contribution >= 0.6 is 22.9 Å². The number of Topliss-reactive ketones (excluding diaryl/α,β-unsaturated/α-hetero) is 1. The lowest BCUT2D eigenvalue weighted by Crippen LogP contribution is -2.24. The van der Waals surface area contributed by atoms with Crippen LogP contribution in [0.2, 0.25) is 5.02 Å². The van der Waals surface area contributed by atoms with Gasteiger partial charge in [-0.05, 0) is 37.1 Å². The van der Waals surface area contributed by atoms with Crippen molar-refractivity contribution >= 4 is 40.6 Å². The zero-order valence-electron chi connectivity index (χ0n) is 14.6. The van der Waals surface area contributed by atoms with Gasteiger partial charge in [-0.25, -0.2) is 0 Å². The minimum Gasteiger partial charge on any atom is -0.454 e. The van der Waals surface area contributed by atoms with Crippen LogP contribution in [0.4, 0.5) is 0 Å². The lowest BCUT2D eigenvalue weighted by Gasteiger charge is -2.11. The fourth-order valence-corrected chi connectivity index (χ4v) is 3.46. The molecule has 1 aromatic heterocycles. The molecule has 0 saturated heterocycles. The Morgan fingerprint density at radius 3 is 2.62 bits per heavy atom. The number of nitrogens with one attached hydrogen (secondary N) is 1. The first-order valence-electron chi connectivity index (χ1n) is 8.17. The minimum atomic E-state index is -0.860. The normalized spacial score (nSPS) is 11.7. The second kappa shape index (κ2) is 9.50. The molecule has 1 N–H and O–H groups in total. The van der Waals surface area contributed by atoms with Crippen LogP contribution in [-0.4, -0.2) is 23.8 Å². The van der Waals surface area contributed by atoms with Crippen molar-refractivity contribution in [3.05, 3.63) is 56.7 Å². The SMILES string of the molecule is CC(=O)NCc1ccc(C(=O)C(C)OC(=O)CCc2ccccc2Cl)s1. The summed E-state index contributed by atoms with van der Waals surface area (Å²) < 4.78 is 5.24. The summed E-state index contributed by atoms with van der Waals surface area (Å²) >= 11 is 7.34. The molecule has 2 aromatic rings. The molecule has 1 atom stereocenters. The smallest absolute Gasteiger partial charge is 0.306 e. The van der Waals surface area contributed by atoms with Crippen LogP contribution in [-0.2, 0) is 27.3 Å². The van der Waals surface area contributed by atoms with E-state index in [0.717, 1.165) is 10.4 Å². The zero-order valence-corrected chi connectivity index (χ0v) is 16.2. The van der Waals surface area contributed by atoms with Gasteiger partial charge >= 0.3 is 5.97 Å². The molecule has 1 unspecified atom stereocenters. The first-order valence-corrected chi connectivity index (χ1v) is 9.36. The first kappa shape index (κ1) is 20.1. The Kier molecular flexibility index (Phi) is 7.36. The van der Waals surface area contributed by atoms with Gasteiger partial charge in [0.1, 0.15) is 0 Å². The van der Waals surface area contributed by atoms with E-state index in [1.165, 1.54) is 18.3 Å². The lowest BCUT2D eigenvalue weighted by molar-refractivity contribution is -0.146. The van der Waals surface area contributed by atoms with Crippen LogP contribution in [0.1, 0.15) is 40.4 Å². The average Bonchev–Trinajstić information content (AvgIpc) is 3.07. The van der Waals surface area contributed by atoms with Gasteiger partial charge in [-0.2, -0.15) is 0 Å². The number of carbonyl (C=O) groups is 3. The maximum absolute atomic E-state index is 12.4. The summed E-state index contributed by atoms with van der Waals surface area (Å²) in [6.45, 7) is 3.37. The Hall–Kier alpha value is -2.18. The van der Waals surface area contributed by atoms with Gasteiger partial charge in [0, 0.05) is 23.2 Å². The van der Waals surface area contributed by atoms with E-state index in [0.29, 0.717) is 22.9 Å². The van der Waals surface area contributed by atoms with E-state index in [4.69, 9.17) is 16.3 Å². The Morgan fingerprint density at radius 1 is 1.19 bits per heavy atom. The van der Waals surface area contributed by atoms with Gasteiger partial charge in [-0.15, -0.1) is 11.3 Å². The Labute approximate surface area is 161 Å². The highest BCUT2D eigenvalue weighted by Gasteiger charge is 2.21. The van der Waals surface area contributed by atoms with Crippen molar-refractivity contribution in [3.8, 4) is 0 Å². The standard InChI is InChI=1S/C19H20ClNO4S/c1-12(19(24)17-9-8-15(26-17)11-21-13(2)22)25-18(23)10-7-14-5-3-4-6-16(14)20/h3-6,8-9,12H,7,10-11H2,1-2H3,(H,21,22). The van der Waals surface area contributed by atoms with Crippen molar-refractivity contribution in [2.75, 3.05) is 0 Å². The van der Waals surface area contributed by atoms with Gasteiger partial charge in [0.15, 0.2) is 6.10 Å². The summed E-state index contributed by atoms with van der Waals surface area (Å²) in [5, 5.41) is 3.28. The summed E-state index contributed by atoms with van der Waals surface area (Å²) in [6, 6.07) is 10.8. The highest BCUT2D eigenvalue weighted by molar-refractivity contribution is 7.14. The summed E-state index contributed by atoms with van der Waals surface area (Å²) in [6.07, 6.45) is -0.250. The van der Waals surface area contributed by atoms with E-state index in [1.807, 2.05) is 18.2 Å². The number of hydrogen-bond acceptors (Lipinski definition) is 5. The number of amides is 1. The van der Waals surface area contributed by atoms with Crippen molar-refractivity contribution in [2.24, 2.45) is 0 Å². The summed E-state index contributed by atoms with van der Waals surface area (Å²) in [4.78, 5) is 36.7.